The summed E-state index contributed by atoms with van der Waals surface area (Å²) in [5.74, 6) is -1.03. The minimum Gasteiger partial charge on any atom is -0.368 e. The Kier molecular flexibility index (Phi) is 8.27. The van der Waals surface area contributed by atoms with E-state index in [2.05, 4.69) is 17.2 Å². The number of carbonyl (C=O) groups excluding carboxylic acids is 3. The second-order valence-corrected chi connectivity index (χ2v) is 5.21. The molecule has 0 saturated carbocycles. The van der Waals surface area contributed by atoms with Crippen LogP contribution in [0.3, 0.4) is 0 Å². The fourth-order valence-corrected chi connectivity index (χ4v) is 1.79. The molecule has 0 aliphatic carbocycles. The zero-order valence-corrected chi connectivity index (χ0v) is 12.4. The van der Waals surface area contributed by atoms with Gasteiger partial charge in [-0.05, 0) is 25.2 Å². The smallest absolute Gasteiger partial charge is 0.243 e. The van der Waals surface area contributed by atoms with E-state index in [0.29, 0.717) is 19.3 Å². The Labute approximate surface area is 120 Å². The van der Waals surface area contributed by atoms with Crippen molar-refractivity contribution in [2.45, 2.75) is 52.1 Å². The Bertz CT molecular complexity index is 367. The summed E-state index contributed by atoms with van der Waals surface area (Å²) in [6, 6.07) is -1.40. The fourth-order valence-electron chi connectivity index (χ4n) is 1.79. The highest BCUT2D eigenvalue weighted by molar-refractivity contribution is 5.91. The number of rotatable bonds is 9. The Balaban J connectivity index is 4.72. The highest BCUT2D eigenvalue weighted by Crippen LogP contribution is 2.06. The third-order valence-electron chi connectivity index (χ3n) is 2.72. The summed E-state index contributed by atoms with van der Waals surface area (Å²) in [6.07, 6.45) is 3.13. The average molecular weight is 283 g/mol. The molecule has 3 amide bonds. The number of hydrogen-bond donors (Lipinski definition) is 3. The van der Waals surface area contributed by atoms with Gasteiger partial charge in [-0.15, -0.1) is 6.58 Å². The number of nitrogens with two attached hydrogens (primary N) is 1. The summed E-state index contributed by atoms with van der Waals surface area (Å²) in [5.41, 5.74) is 5.25. The summed E-state index contributed by atoms with van der Waals surface area (Å²) < 4.78 is 0. The molecule has 0 radical (unpaired) electrons. The van der Waals surface area contributed by atoms with Crippen LogP contribution in [0.1, 0.15) is 40.0 Å². The normalized spacial score (nSPS) is 13.4. The summed E-state index contributed by atoms with van der Waals surface area (Å²) >= 11 is 0. The van der Waals surface area contributed by atoms with Gasteiger partial charge in [-0.1, -0.05) is 19.9 Å². The lowest BCUT2D eigenvalue weighted by Crippen LogP contribution is -2.52. The maximum atomic E-state index is 12.1. The summed E-state index contributed by atoms with van der Waals surface area (Å²) in [4.78, 5) is 34.6. The van der Waals surface area contributed by atoms with Crippen LogP contribution in [0.4, 0.5) is 0 Å². The molecule has 6 nitrogen and oxygen atoms in total. The largest absolute Gasteiger partial charge is 0.368 e. The second kappa shape index (κ2) is 9.12. The third-order valence-corrected chi connectivity index (χ3v) is 2.72. The van der Waals surface area contributed by atoms with E-state index in [4.69, 9.17) is 5.73 Å². The molecule has 0 saturated heterocycles. The van der Waals surface area contributed by atoms with Crippen LogP contribution in [0.5, 0.6) is 0 Å². The summed E-state index contributed by atoms with van der Waals surface area (Å²) in [7, 11) is 0. The van der Waals surface area contributed by atoms with Crippen molar-refractivity contribution in [3.05, 3.63) is 12.7 Å². The molecule has 0 unspecified atom stereocenters. The van der Waals surface area contributed by atoms with E-state index in [9.17, 15) is 14.4 Å². The number of carbonyl (C=O) groups is 3. The van der Waals surface area contributed by atoms with Crippen molar-refractivity contribution in [1.29, 1.82) is 0 Å². The number of nitrogens with one attached hydrogen (secondary N) is 2. The fraction of sp³-hybridized carbons (Fsp3) is 0.643. The molecular formula is C14H25N3O3. The third kappa shape index (κ3) is 7.56. The number of hydrogen-bond acceptors (Lipinski definition) is 3. The maximum absolute atomic E-state index is 12.1. The van der Waals surface area contributed by atoms with Crippen LogP contribution in [0.2, 0.25) is 0 Å². The van der Waals surface area contributed by atoms with Gasteiger partial charge in [-0.25, -0.2) is 0 Å². The van der Waals surface area contributed by atoms with Crippen LogP contribution in [-0.2, 0) is 14.4 Å². The van der Waals surface area contributed by atoms with Gasteiger partial charge < -0.3 is 16.4 Å². The first kappa shape index (κ1) is 18.1. The maximum Gasteiger partial charge on any atom is 0.243 e. The molecule has 0 bridgehead atoms. The molecule has 2 atom stereocenters. The van der Waals surface area contributed by atoms with Crippen LogP contribution in [0.25, 0.3) is 0 Å². The molecule has 0 heterocycles. The topological polar surface area (TPSA) is 101 Å². The Hall–Kier alpha value is -1.85. The van der Waals surface area contributed by atoms with Gasteiger partial charge in [0.1, 0.15) is 12.1 Å². The minimum absolute atomic E-state index is 0.234. The van der Waals surface area contributed by atoms with Gasteiger partial charge in [0, 0.05) is 6.92 Å². The Morgan fingerprint density at radius 1 is 1.20 bits per heavy atom. The van der Waals surface area contributed by atoms with E-state index in [1.54, 1.807) is 6.08 Å². The quantitative estimate of drug-likeness (QED) is 0.536. The van der Waals surface area contributed by atoms with Crippen LogP contribution >= 0.6 is 0 Å². The van der Waals surface area contributed by atoms with Crippen molar-refractivity contribution in [3.8, 4) is 0 Å². The lowest BCUT2D eigenvalue weighted by molar-refractivity contribution is -0.131. The molecule has 0 aromatic heterocycles. The first-order valence-electron chi connectivity index (χ1n) is 6.75. The number of allylic oxidation sites excluding steroid dienone is 1. The molecule has 0 spiro atoms. The highest BCUT2D eigenvalue weighted by Gasteiger charge is 2.25. The molecule has 20 heavy (non-hydrogen) atoms. The molecule has 0 aromatic carbocycles. The zero-order valence-electron chi connectivity index (χ0n) is 12.4. The van der Waals surface area contributed by atoms with Crippen molar-refractivity contribution in [3.63, 3.8) is 0 Å². The molecule has 114 valence electrons. The van der Waals surface area contributed by atoms with Crippen LogP contribution in [-0.4, -0.2) is 29.8 Å². The van der Waals surface area contributed by atoms with Crippen molar-refractivity contribution >= 4 is 17.7 Å². The van der Waals surface area contributed by atoms with E-state index in [1.165, 1.54) is 6.92 Å². The molecule has 0 rings (SSSR count). The van der Waals surface area contributed by atoms with E-state index in [-0.39, 0.29) is 17.7 Å². The van der Waals surface area contributed by atoms with Gasteiger partial charge in [0.05, 0.1) is 0 Å². The standard InChI is InChI=1S/C14H25N3O3/c1-5-6-7-11(13(15)19)17-14(20)12(8-9(2)3)16-10(4)18/h5,9,11-12H,1,6-8H2,2-4H3,(H2,15,19)(H,16,18)(H,17,20)/t11-,12-/m0/s1. The van der Waals surface area contributed by atoms with E-state index >= 15 is 0 Å². The number of primary amides is 1. The SMILES string of the molecule is C=CCC[C@H](NC(=O)[C@H](CC(C)C)NC(C)=O)C(N)=O. The van der Waals surface area contributed by atoms with Crippen molar-refractivity contribution in [2.24, 2.45) is 11.7 Å². The summed E-state index contributed by atoms with van der Waals surface area (Å²) in [5, 5.41) is 5.17. The predicted molar refractivity (Wildman–Crippen MR) is 77.6 cm³/mol. The first-order chi connectivity index (χ1) is 9.27. The average Bonchev–Trinajstić information content (AvgIpc) is 2.31. The Morgan fingerprint density at radius 3 is 2.20 bits per heavy atom. The molecule has 6 heteroatoms. The van der Waals surface area contributed by atoms with Crippen molar-refractivity contribution in [1.82, 2.24) is 10.6 Å². The van der Waals surface area contributed by atoms with Gasteiger partial charge in [-0.3, -0.25) is 14.4 Å². The number of amides is 3. The molecule has 4 N–H and O–H groups in total. The van der Waals surface area contributed by atoms with Gasteiger partial charge in [0.25, 0.3) is 0 Å². The Morgan fingerprint density at radius 2 is 1.80 bits per heavy atom. The van der Waals surface area contributed by atoms with Crippen LogP contribution in [0, 0.1) is 5.92 Å². The van der Waals surface area contributed by atoms with E-state index in [0.717, 1.165) is 0 Å². The van der Waals surface area contributed by atoms with Crippen molar-refractivity contribution in [2.75, 3.05) is 0 Å². The zero-order chi connectivity index (χ0) is 15.7. The molecule has 0 aromatic rings. The van der Waals surface area contributed by atoms with Crippen LogP contribution in [0.15, 0.2) is 12.7 Å². The molecular weight excluding hydrogens is 258 g/mol. The monoisotopic (exact) mass is 283 g/mol. The van der Waals surface area contributed by atoms with E-state index < -0.39 is 18.0 Å². The van der Waals surface area contributed by atoms with Gasteiger partial charge in [-0.2, -0.15) is 0 Å². The van der Waals surface area contributed by atoms with Crippen LogP contribution < -0.4 is 16.4 Å². The summed E-state index contributed by atoms with van der Waals surface area (Å²) in [6.45, 7) is 8.81. The second-order valence-electron chi connectivity index (χ2n) is 5.21. The predicted octanol–water partition coefficient (Wildman–Crippen LogP) is 0.474. The lowest BCUT2D eigenvalue weighted by Gasteiger charge is -2.22. The molecule has 0 aliphatic rings. The molecule has 0 aliphatic heterocycles. The first-order valence-corrected chi connectivity index (χ1v) is 6.75. The molecule has 0 fully saturated rings. The highest BCUT2D eigenvalue weighted by atomic mass is 16.2. The van der Waals surface area contributed by atoms with Crippen molar-refractivity contribution < 1.29 is 14.4 Å². The van der Waals surface area contributed by atoms with E-state index in [1.807, 2.05) is 13.8 Å². The minimum atomic E-state index is -0.746. The van der Waals surface area contributed by atoms with Gasteiger partial charge >= 0.3 is 0 Å². The van der Waals surface area contributed by atoms with Gasteiger partial charge in [0.2, 0.25) is 17.7 Å². The van der Waals surface area contributed by atoms with Gasteiger partial charge in [0.15, 0.2) is 0 Å². The lowest BCUT2D eigenvalue weighted by atomic mass is 10.0.